The van der Waals surface area contributed by atoms with Crippen molar-refractivity contribution in [1.82, 2.24) is 14.5 Å². The number of nitrogens with zero attached hydrogens (tertiary/aromatic N) is 4. The molecule has 3 heterocycles. The average molecular weight is 523 g/mol. The van der Waals surface area contributed by atoms with Crippen LogP contribution in [-0.2, 0) is 30.7 Å². The molecule has 0 saturated heterocycles. The molecular weight excluding hydrogens is 488 g/mol. The molecule has 0 radical (unpaired) electrons. The molecule has 0 fully saturated rings. The third-order valence-electron chi connectivity index (χ3n) is 7.39. The molecule has 0 saturated carbocycles. The van der Waals surface area contributed by atoms with E-state index in [4.69, 9.17) is 9.72 Å². The summed E-state index contributed by atoms with van der Waals surface area (Å²) in [4.78, 5) is 50.8. The lowest BCUT2D eigenvalue weighted by atomic mass is 9.97. The van der Waals surface area contributed by atoms with Crippen molar-refractivity contribution < 1.29 is 14.3 Å². The average Bonchev–Trinajstić information content (AvgIpc) is 3.29. The number of hydrogen-bond acceptors (Lipinski definition) is 7. The zero-order valence-corrected chi connectivity index (χ0v) is 22.7. The Bertz CT molecular complexity index is 1410. The highest BCUT2D eigenvalue weighted by Gasteiger charge is 2.27. The van der Waals surface area contributed by atoms with Gasteiger partial charge in [-0.3, -0.25) is 23.9 Å². The molecule has 0 unspecified atom stereocenters. The maximum absolute atomic E-state index is 13.9. The van der Waals surface area contributed by atoms with Gasteiger partial charge in [-0.05, 0) is 69.0 Å². The second-order valence-electron chi connectivity index (χ2n) is 9.71. The first-order chi connectivity index (χ1) is 17.9. The van der Waals surface area contributed by atoms with Gasteiger partial charge in [-0.2, -0.15) is 0 Å². The van der Waals surface area contributed by atoms with Gasteiger partial charge in [-0.25, -0.2) is 4.98 Å². The van der Waals surface area contributed by atoms with Gasteiger partial charge in [-0.15, -0.1) is 11.3 Å². The van der Waals surface area contributed by atoms with Crippen molar-refractivity contribution in [3.63, 3.8) is 0 Å². The SMILES string of the molecule is CCCN1C(=O)COc2ccc(C(=O)Cn3c(CN(CC)CC)nc4sc5c(c4c3=O)CCCC5)cc21. The maximum Gasteiger partial charge on any atom is 0.265 e. The van der Waals surface area contributed by atoms with E-state index in [-0.39, 0.29) is 30.4 Å². The van der Waals surface area contributed by atoms with Crippen LogP contribution in [0.1, 0.15) is 66.7 Å². The Kier molecular flexibility index (Phi) is 7.44. The Morgan fingerprint density at radius 1 is 1.14 bits per heavy atom. The second-order valence-corrected chi connectivity index (χ2v) is 10.8. The monoisotopic (exact) mass is 522 g/mol. The highest BCUT2D eigenvalue weighted by molar-refractivity contribution is 7.18. The quantitative estimate of drug-likeness (QED) is 0.392. The predicted octanol–water partition coefficient (Wildman–Crippen LogP) is 4.20. The van der Waals surface area contributed by atoms with Gasteiger partial charge < -0.3 is 9.64 Å². The third-order valence-corrected chi connectivity index (χ3v) is 8.57. The molecule has 2 aromatic heterocycles. The van der Waals surface area contributed by atoms with Gasteiger partial charge in [-0.1, -0.05) is 20.8 Å². The summed E-state index contributed by atoms with van der Waals surface area (Å²) in [5.74, 6) is 0.910. The van der Waals surface area contributed by atoms with Crippen LogP contribution in [0.15, 0.2) is 23.0 Å². The molecule has 37 heavy (non-hydrogen) atoms. The molecular formula is C28H34N4O4S. The number of amides is 1. The van der Waals surface area contributed by atoms with Crippen LogP contribution in [0, 0.1) is 0 Å². The van der Waals surface area contributed by atoms with E-state index < -0.39 is 0 Å². The number of hydrogen-bond donors (Lipinski definition) is 0. The fourth-order valence-electron chi connectivity index (χ4n) is 5.29. The molecule has 0 N–H and O–H groups in total. The number of carbonyl (C=O) groups is 2. The summed E-state index contributed by atoms with van der Waals surface area (Å²) in [6.07, 6.45) is 4.89. The topological polar surface area (TPSA) is 84.7 Å². The molecule has 5 rings (SSSR count). The minimum atomic E-state index is -0.189. The van der Waals surface area contributed by atoms with Gasteiger partial charge in [0.05, 0.1) is 24.2 Å². The Labute approximate surface area is 220 Å². The molecule has 0 atom stereocenters. The predicted molar refractivity (Wildman–Crippen MR) is 146 cm³/mol. The van der Waals surface area contributed by atoms with Crippen molar-refractivity contribution in [3.05, 3.63) is 50.4 Å². The summed E-state index contributed by atoms with van der Waals surface area (Å²) >= 11 is 1.64. The van der Waals surface area contributed by atoms with Gasteiger partial charge >= 0.3 is 0 Å². The zero-order valence-electron chi connectivity index (χ0n) is 21.8. The Balaban J connectivity index is 1.55. The highest BCUT2D eigenvalue weighted by atomic mass is 32.1. The van der Waals surface area contributed by atoms with Crippen molar-refractivity contribution in [2.75, 3.05) is 31.1 Å². The molecule has 0 spiro atoms. The molecule has 8 nitrogen and oxygen atoms in total. The summed E-state index contributed by atoms with van der Waals surface area (Å²) in [6.45, 7) is 8.79. The maximum atomic E-state index is 13.9. The van der Waals surface area contributed by atoms with Crippen LogP contribution in [0.4, 0.5) is 5.69 Å². The lowest BCUT2D eigenvalue weighted by Crippen LogP contribution is -2.39. The molecule has 1 amide bonds. The van der Waals surface area contributed by atoms with Crippen molar-refractivity contribution in [2.45, 2.75) is 66.0 Å². The first-order valence-corrected chi connectivity index (χ1v) is 14.1. The molecule has 3 aromatic rings. The van der Waals surface area contributed by atoms with Crippen molar-refractivity contribution in [1.29, 1.82) is 0 Å². The lowest BCUT2D eigenvalue weighted by molar-refractivity contribution is -0.121. The van der Waals surface area contributed by atoms with Gasteiger partial charge in [0.25, 0.3) is 11.5 Å². The van der Waals surface area contributed by atoms with Crippen LogP contribution in [0.25, 0.3) is 10.2 Å². The summed E-state index contributed by atoms with van der Waals surface area (Å²) in [6, 6.07) is 5.18. The van der Waals surface area contributed by atoms with Crippen molar-refractivity contribution in [3.8, 4) is 5.75 Å². The summed E-state index contributed by atoms with van der Waals surface area (Å²) in [5, 5.41) is 0.689. The second kappa shape index (κ2) is 10.8. The third kappa shape index (κ3) is 4.82. The van der Waals surface area contributed by atoms with E-state index in [1.54, 1.807) is 39.0 Å². The number of thiophene rings is 1. The molecule has 2 aliphatic rings. The van der Waals surface area contributed by atoms with Crippen molar-refractivity contribution in [2.24, 2.45) is 0 Å². The number of ether oxygens (including phenoxy) is 1. The summed E-state index contributed by atoms with van der Waals surface area (Å²) < 4.78 is 7.17. The fourth-order valence-corrected chi connectivity index (χ4v) is 6.56. The molecule has 9 heteroatoms. The number of Topliss-reactive ketones (excluding diaryl/α,β-unsaturated/α-hetero) is 1. The number of aryl methyl sites for hydroxylation is 2. The van der Waals surface area contributed by atoms with Gasteiger partial charge in [0.1, 0.15) is 16.4 Å². The van der Waals surface area contributed by atoms with Gasteiger partial charge in [0.15, 0.2) is 12.4 Å². The molecule has 1 aromatic carbocycles. The Morgan fingerprint density at radius 3 is 2.68 bits per heavy atom. The molecule has 1 aliphatic heterocycles. The number of fused-ring (bicyclic) bond motifs is 4. The number of rotatable bonds is 9. The van der Waals surface area contributed by atoms with Crippen LogP contribution >= 0.6 is 11.3 Å². The molecule has 0 bridgehead atoms. The van der Waals surface area contributed by atoms with Gasteiger partial charge in [0, 0.05) is 17.0 Å². The van der Waals surface area contributed by atoms with E-state index >= 15 is 0 Å². The number of aromatic nitrogens is 2. The van der Waals surface area contributed by atoms with Crippen LogP contribution in [-0.4, -0.2) is 52.4 Å². The largest absolute Gasteiger partial charge is 0.482 e. The van der Waals surface area contributed by atoms with Crippen LogP contribution < -0.4 is 15.2 Å². The van der Waals surface area contributed by atoms with E-state index in [9.17, 15) is 14.4 Å². The van der Waals surface area contributed by atoms with Gasteiger partial charge in [0.2, 0.25) is 0 Å². The van der Waals surface area contributed by atoms with E-state index in [0.29, 0.717) is 41.3 Å². The number of benzene rings is 1. The van der Waals surface area contributed by atoms with E-state index in [2.05, 4.69) is 18.7 Å². The van der Waals surface area contributed by atoms with E-state index in [1.165, 1.54) is 4.88 Å². The highest BCUT2D eigenvalue weighted by Crippen LogP contribution is 2.35. The summed E-state index contributed by atoms with van der Waals surface area (Å²) in [7, 11) is 0. The van der Waals surface area contributed by atoms with Crippen LogP contribution in [0.5, 0.6) is 5.75 Å². The van der Waals surface area contributed by atoms with Crippen LogP contribution in [0.2, 0.25) is 0 Å². The molecule has 196 valence electrons. The smallest absolute Gasteiger partial charge is 0.265 e. The lowest BCUT2D eigenvalue weighted by Gasteiger charge is -2.29. The Hall–Kier alpha value is -3.04. The normalized spacial score (nSPS) is 15.1. The van der Waals surface area contributed by atoms with Crippen molar-refractivity contribution >= 4 is 38.9 Å². The van der Waals surface area contributed by atoms with E-state index in [0.717, 1.165) is 55.6 Å². The minimum Gasteiger partial charge on any atom is -0.482 e. The molecule has 1 aliphatic carbocycles. The Morgan fingerprint density at radius 2 is 1.92 bits per heavy atom. The van der Waals surface area contributed by atoms with E-state index in [1.807, 2.05) is 6.92 Å². The number of ketones is 1. The van der Waals surface area contributed by atoms with Crippen LogP contribution in [0.3, 0.4) is 0 Å². The summed E-state index contributed by atoms with van der Waals surface area (Å²) in [5.41, 5.74) is 2.06. The standard InChI is InChI=1S/C28H34N4O4S/c1-4-13-31-20-14-18(11-12-22(20)36-17-25(31)34)21(33)15-32-24(16-30(5-2)6-3)29-27-26(28(32)35)19-9-7-8-10-23(19)37-27/h11-12,14H,4-10,13,15-17H2,1-3H3. The minimum absolute atomic E-state index is 0.00104. The number of carbonyl (C=O) groups excluding carboxylic acids is 2. The number of anilines is 1. The first kappa shape index (κ1) is 25.6. The zero-order chi connectivity index (χ0) is 26.1. The first-order valence-electron chi connectivity index (χ1n) is 13.3. The fraction of sp³-hybridized carbons (Fsp3) is 0.500.